The van der Waals surface area contributed by atoms with Crippen molar-refractivity contribution in [3.05, 3.63) is 60.6 Å². The number of aromatic nitrogens is 3. The Morgan fingerprint density at radius 3 is 2.80 bits per heavy atom. The number of aliphatic hydroxyl groups is 1. The molecule has 0 amide bonds. The van der Waals surface area contributed by atoms with Crippen molar-refractivity contribution < 1.29 is 5.11 Å². The molecule has 2 aromatic heterocycles. The van der Waals surface area contributed by atoms with Crippen LogP contribution in [0.15, 0.2) is 54.9 Å². The number of anilines is 1. The van der Waals surface area contributed by atoms with Gasteiger partial charge in [-0.05, 0) is 55.8 Å². The summed E-state index contributed by atoms with van der Waals surface area (Å²) in [7, 11) is 1.86. The van der Waals surface area contributed by atoms with Gasteiger partial charge in [-0.3, -0.25) is 4.98 Å². The molecule has 0 aliphatic carbocycles. The van der Waals surface area contributed by atoms with Gasteiger partial charge in [-0.15, -0.1) is 0 Å². The van der Waals surface area contributed by atoms with Crippen LogP contribution in [-0.4, -0.2) is 58.2 Å². The van der Waals surface area contributed by atoms with Crippen LogP contribution in [-0.2, 0) is 6.42 Å². The Morgan fingerprint density at radius 1 is 1.33 bits per heavy atom. The topological polar surface area (TPSA) is 74.2 Å². The summed E-state index contributed by atoms with van der Waals surface area (Å²) in [6.45, 7) is 9.21. The number of allylic oxidation sites excluding steroid dienone is 5. The van der Waals surface area contributed by atoms with Gasteiger partial charge in [0, 0.05) is 31.7 Å². The maximum atomic E-state index is 9.14. The van der Waals surface area contributed by atoms with Crippen molar-refractivity contribution in [2.45, 2.75) is 26.2 Å². The second-order valence-electron chi connectivity index (χ2n) is 7.92. The highest BCUT2D eigenvalue weighted by Crippen LogP contribution is 2.26. The summed E-state index contributed by atoms with van der Waals surface area (Å²) in [5.41, 5.74) is 4.02. The van der Waals surface area contributed by atoms with Crippen LogP contribution in [0.5, 0.6) is 0 Å². The third-order valence-corrected chi connectivity index (χ3v) is 5.68. The van der Waals surface area contributed by atoms with Crippen molar-refractivity contribution in [3.63, 3.8) is 0 Å². The number of nitrogens with one attached hydrogen (secondary N) is 1. The highest BCUT2D eigenvalue weighted by molar-refractivity contribution is 5.85. The summed E-state index contributed by atoms with van der Waals surface area (Å²) in [4.78, 5) is 15.9. The molecule has 30 heavy (non-hydrogen) atoms. The minimum atomic E-state index is 0.237. The largest absolute Gasteiger partial charge is 0.395 e. The first kappa shape index (κ1) is 22.1. The molecule has 1 aliphatic rings. The fourth-order valence-corrected chi connectivity index (χ4v) is 4.07. The van der Waals surface area contributed by atoms with E-state index >= 15 is 0 Å². The number of hydrogen-bond acceptors (Lipinski definition) is 6. The lowest BCUT2D eigenvalue weighted by molar-refractivity contribution is 0.157. The molecule has 0 radical (unpaired) electrons. The van der Waals surface area contributed by atoms with Crippen LogP contribution >= 0.6 is 0 Å². The van der Waals surface area contributed by atoms with Crippen molar-refractivity contribution in [2.24, 2.45) is 11.8 Å². The normalized spacial score (nSPS) is 17.5. The van der Waals surface area contributed by atoms with Gasteiger partial charge in [-0.2, -0.15) is 0 Å². The predicted octanol–water partition coefficient (Wildman–Crippen LogP) is 3.62. The summed E-state index contributed by atoms with van der Waals surface area (Å²) >= 11 is 0. The standard InChI is InChI=1S/C24H33N5O/c1-4-5-19(20-8-12-29(13-9-20)14-15-30)7-6-18(2)16-21-17-22-23(24(25-3)28-21)27-11-10-26-22/h4-7,10-11,17-18,20,30H,1,8-9,12-16H2,2-3H3,(H,25,28)/b7-6-,19-5+. The zero-order chi connectivity index (χ0) is 21.3. The zero-order valence-corrected chi connectivity index (χ0v) is 18.1. The average molecular weight is 408 g/mol. The molecule has 1 atom stereocenters. The molecule has 3 rings (SSSR count). The van der Waals surface area contributed by atoms with Gasteiger partial charge in [0.05, 0.1) is 12.1 Å². The van der Waals surface area contributed by atoms with E-state index in [1.165, 1.54) is 5.57 Å². The Kier molecular flexibility index (Phi) is 8.11. The number of pyridine rings is 1. The van der Waals surface area contributed by atoms with E-state index in [0.717, 1.165) is 61.4 Å². The maximum absolute atomic E-state index is 9.14. The lowest BCUT2D eigenvalue weighted by Gasteiger charge is -2.32. The van der Waals surface area contributed by atoms with E-state index in [0.29, 0.717) is 11.8 Å². The Morgan fingerprint density at radius 2 is 2.10 bits per heavy atom. The molecular weight excluding hydrogens is 374 g/mol. The lowest BCUT2D eigenvalue weighted by atomic mass is 9.87. The number of nitrogens with zero attached hydrogens (tertiary/aromatic N) is 4. The smallest absolute Gasteiger partial charge is 0.154 e. The van der Waals surface area contributed by atoms with E-state index in [-0.39, 0.29) is 6.61 Å². The minimum absolute atomic E-state index is 0.237. The molecular formula is C24H33N5O. The summed E-state index contributed by atoms with van der Waals surface area (Å²) in [6, 6.07) is 2.03. The third kappa shape index (κ3) is 5.74. The van der Waals surface area contributed by atoms with Crippen LogP contribution < -0.4 is 5.32 Å². The molecule has 160 valence electrons. The second kappa shape index (κ2) is 11.0. The number of hydrogen-bond donors (Lipinski definition) is 2. The number of aliphatic hydroxyl groups excluding tert-OH is 1. The van der Waals surface area contributed by atoms with Crippen molar-refractivity contribution in [2.75, 3.05) is 38.6 Å². The van der Waals surface area contributed by atoms with Crippen LogP contribution in [0.2, 0.25) is 0 Å². The first-order valence-corrected chi connectivity index (χ1v) is 10.8. The Bertz CT molecular complexity index is 900. The van der Waals surface area contributed by atoms with Crippen molar-refractivity contribution in [1.82, 2.24) is 19.9 Å². The number of likely N-dealkylation sites (tertiary alicyclic amines) is 1. The van der Waals surface area contributed by atoms with Gasteiger partial charge in [0.1, 0.15) is 5.52 Å². The monoisotopic (exact) mass is 407 g/mol. The maximum Gasteiger partial charge on any atom is 0.154 e. The highest BCUT2D eigenvalue weighted by atomic mass is 16.3. The molecule has 6 nitrogen and oxygen atoms in total. The average Bonchev–Trinajstić information content (AvgIpc) is 2.77. The van der Waals surface area contributed by atoms with Gasteiger partial charge in [0.25, 0.3) is 0 Å². The van der Waals surface area contributed by atoms with Gasteiger partial charge < -0.3 is 15.3 Å². The van der Waals surface area contributed by atoms with Crippen LogP contribution in [0, 0.1) is 11.8 Å². The number of β-amino-alcohol motifs (C(OH)–C–C–N with tert-alkyl or cyclic N) is 1. The Labute approximate surface area is 179 Å². The van der Waals surface area contributed by atoms with Gasteiger partial charge in [0.2, 0.25) is 0 Å². The van der Waals surface area contributed by atoms with Crippen LogP contribution in [0.4, 0.5) is 5.82 Å². The molecule has 1 aliphatic heterocycles. The van der Waals surface area contributed by atoms with E-state index in [2.05, 4.69) is 51.9 Å². The van der Waals surface area contributed by atoms with Crippen molar-refractivity contribution in [3.8, 4) is 0 Å². The van der Waals surface area contributed by atoms with Crippen LogP contribution in [0.25, 0.3) is 11.0 Å². The molecule has 3 heterocycles. The highest BCUT2D eigenvalue weighted by Gasteiger charge is 2.20. The number of piperidine rings is 1. The second-order valence-corrected chi connectivity index (χ2v) is 7.92. The molecule has 0 spiro atoms. The minimum Gasteiger partial charge on any atom is -0.395 e. The summed E-state index contributed by atoms with van der Waals surface area (Å²) in [5, 5.41) is 12.3. The third-order valence-electron chi connectivity index (χ3n) is 5.68. The molecule has 2 aromatic rings. The van der Waals surface area contributed by atoms with Crippen molar-refractivity contribution in [1.29, 1.82) is 0 Å². The molecule has 6 heteroatoms. The number of fused-ring (bicyclic) bond motifs is 1. The fraction of sp³-hybridized carbons (Fsp3) is 0.458. The molecule has 1 fully saturated rings. The Hall–Kier alpha value is -2.57. The first-order valence-electron chi connectivity index (χ1n) is 10.8. The summed E-state index contributed by atoms with van der Waals surface area (Å²) < 4.78 is 0. The molecule has 0 bridgehead atoms. The van der Waals surface area contributed by atoms with Gasteiger partial charge in [-0.25, -0.2) is 9.97 Å². The fourth-order valence-electron chi connectivity index (χ4n) is 4.07. The van der Waals surface area contributed by atoms with Gasteiger partial charge >= 0.3 is 0 Å². The summed E-state index contributed by atoms with van der Waals surface area (Å²) in [6.07, 6.45) is 15.0. The predicted molar refractivity (Wildman–Crippen MR) is 123 cm³/mol. The molecule has 0 aromatic carbocycles. The molecule has 1 saturated heterocycles. The van der Waals surface area contributed by atoms with Gasteiger partial charge in [0.15, 0.2) is 5.82 Å². The van der Waals surface area contributed by atoms with Gasteiger partial charge in [-0.1, -0.05) is 37.8 Å². The lowest BCUT2D eigenvalue weighted by Crippen LogP contribution is -2.35. The zero-order valence-electron chi connectivity index (χ0n) is 18.1. The van der Waals surface area contributed by atoms with E-state index in [4.69, 9.17) is 10.1 Å². The molecule has 1 unspecified atom stereocenters. The summed E-state index contributed by atoms with van der Waals surface area (Å²) in [5.74, 6) is 1.67. The van der Waals surface area contributed by atoms with E-state index in [1.54, 1.807) is 12.4 Å². The van der Waals surface area contributed by atoms with E-state index < -0.39 is 0 Å². The van der Waals surface area contributed by atoms with E-state index in [9.17, 15) is 0 Å². The molecule has 0 saturated carbocycles. The number of rotatable bonds is 9. The van der Waals surface area contributed by atoms with Crippen molar-refractivity contribution >= 4 is 16.9 Å². The van der Waals surface area contributed by atoms with Crippen LogP contribution in [0.1, 0.15) is 25.5 Å². The Balaban J connectivity index is 1.66. The quantitative estimate of drug-likeness (QED) is 0.619. The van der Waals surface area contributed by atoms with E-state index in [1.807, 2.05) is 19.2 Å². The van der Waals surface area contributed by atoms with Crippen LogP contribution in [0.3, 0.4) is 0 Å². The molecule has 2 N–H and O–H groups in total. The first-order chi connectivity index (χ1) is 14.6. The SMILES string of the molecule is C=C/C=C(\C=C/C(C)Cc1cc2nccnc2c(NC)n1)C1CCN(CCO)CC1.